The molecular weight excluding hydrogens is 457 g/mol. The van der Waals surface area contributed by atoms with E-state index >= 15 is 0 Å². The molecule has 5 rings (SSSR count). The summed E-state index contributed by atoms with van der Waals surface area (Å²) >= 11 is 0. The van der Waals surface area contributed by atoms with Crippen molar-refractivity contribution in [1.29, 1.82) is 0 Å². The minimum absolute atomic E-state index is 0.0861. The van der Waals surface area contributed by atoms with Gasteiger partial charge in [0.25, 0.3) is 0 Å². The van der Waals surface area contributed by atoms with Gasteiger partial charge in [-0.3, -0.25) is 4.98 Å². The fraction of sp³-hybridized carbons (Fsp3) is 0.304. The van der Waals surface area contributed by atoms with E-state index in [0.717, 1.165) is 22.6 Å². The molecule has 1 aliphatic heterocycles. The van der Waals surface area contributed by atoms with E-state index < -0.39 is 9.84 Å². The van der Waals surface area contributed by atoms with Gasteiger partial charge >= 0.3 is 0 Å². The van der Waals surface area contributed by atoms with Gasteiger partial charge in [-0.1, -0.05) is 19.1 Å². The average Bonchev–Trinajstić information content (AvgIpc) is 3.15. The Bertz CT molecular complexity index is 1430. The molecule has 11 heteroatoms. The lowest BCUT2D eigenvalue weighted by Crippen LogP contribution is -2.41. The Morgan fingerprint density at radius 2 is 1.82 bits per heavy atom. The van der Waals surface area contributed by atoms with Crippen molar-refractivity contribution in [3.05, 3.63) is 71.6 Å². The standard InChI is InChI=1S/C23H24FN7O2S/c1-15(17-3-5-18(24)6-4-17)22-16(2)29-31-21(30-9-11-34(32,33)12-10-30)13-19(28-23(22)31)27-20-14-25-7-8-26-20/h3-8,13-15H,9-12H2,1-2H3,(H,26,27,28)/t15-/m0/s1. The van der Waals surface area contributed by atoms with Crippen LogP contribution < -0.4 is 10.2 Å². The molecule has 9 nitrogen and oxygen atoms in total. The molecule has 4 heterocycles. The molecule has 0 spiro atoms. The van der Waals surface area contributed by atoms with E-state index in [1.54, 1.807) is 35.2 Å². The molecule has 0 unspecified atom stereocenters. The SMILES string of the molecule is Cc1nn2c(N3CCS(=O)(=O)CC3)cc(Nc3cnccn3)nc2c1[C@@H](C)c1ccc(F)cc1. The van der Waals surface area contributed by atoms with Crippen molar-refractivity contribution in [2.24, 2.45) is 0 Å². The number of rotatable bonds is 5. The molecule has 0 saturated carbocycles. The zero-order chi connectivity index (χ0) is 23.9. The van der Waals surface area contributed by atoms with E-state index in [1.807, 2.05) is 24.8 Å². The predicted molar refractivity (Wildman–Crippen MR) is 128 cm³/mol. The monoisotopic (exact) mass is 481 g/mol. The minimum atomic E-state index is -3.04. The Morgan fingerprint density at radius 1 is 1.09 bits per heavy atom. The van der Waals surface area contributed by atoms with Crippen molar-refractivity contribution >= 4 is 32.9 Å². The van der Waals surface area contributed by atoms with Crippen LogP contribution in [0.3, 0.4) is 0 Å². The first kappa shape index (κ1) is 22.2. The summed E-state index contributed by atoms with van der Waals surface area (Å²) in [6, 6.07) is 8.27. The Balaban J connectivity index is 1.64. The van der Waals surface area contributed by atoms with E-state index in [9.17, 15) is 12.8 Å². The van der Waals surface area contributed by atoms with Crippen LogP contribution in [0.25, 0.3) is 5.65 Å². The van der Waals surface area contributed by atoms with Crippen LogP contribution in [0.5, 0.6) is 0 Å². The molecule has 3 aromatic heterocycles. The first-order chi connectivity index (χ1) is 16.3. The van der Waals surface area contributed by atoms with Gasteiger partial charge in [0, 0.05) is 43.0 Å². The number of hydrogen-bond donors (Lipinski definition) is 1. The van der Waals surface area contributed by atoms with Gasteiger partial charge in [-0.05, 0) is 24.6 Å². The Hall–Kier alpha value is -3.60. The maximum absolute atomic E-state index is 13.5. The number of anilines is 3. The summed E-state index contributed by atoms with van der Waals surface area (Å²) in [6.07, 6.45) is 4.77. The highest BCUT2D eigenvalue weighted by Gasteiger charge is 2.27. The van der Waals surface area contributed by atoms with Crippen molar-refractivity contribution < 1.29 is 12.8 Å². The van der Waals surface area contributed by atoms with Crippen molar-refractivity contribution in [2.45, 2.75) is 19.8 Å². The number of sulfone groups is 1. The van der Waals surface area contributed by atoms with Crippen LogP contribution in [-0.2, 0) is 9.84 Å². The zero-order valence-electron chi connectivity index (χ0n) is 18.8. The molecule has 0 aliphatic carbocycles. The second-order valence-electron chi connectivity index (χ2n) is 8.36. The van der Waals surface area contributed by atoms with E-state index in [0.29, 0.717) is 30.4 Å². The molecule has 0 amide bonds. The largest absolute Gasteiger partial charge is 0.354 e. The summed E-state index contributed by atoms with van der Waals surface area (Å²) < 4.78 is 39.3. The fourth-order valence-corrected chi connectivity index (χ4v) is 5.48. The minimum Gasteiger partial charge on any atom is -0.354 e. The lowest BCUT2D eigenvalue weighted by molar-refractivity contribution is 0.585. The van der Waals surface area contributed by atoms with E-state index in [-0.39, 0.29) is 23.2 Å². The number of aryl methyl sites for hydroxylation is 1. The van der Waals surface area contributed by atoms with E-state index in [2.05, 4.69) is 15.3 Å². The fourth-order valence-electron chi connectivity index (χ4n) is 4.27. The number of aromatic nitrogens is 5. The molecule has 34 heavy (non-hydrogen) atoms. The summed E-state index contributed by atoms with van der Waals surface area (Å²) in [5, 5.41) is 7.96. The third kappa shape index (κ3) is 4.30. The highest BCUT2D eigenvalue weighted by molar-refractivity contribution is 7.91. The number of hydrogen-bond acceptors (Lipinski definition) is 8. The zero-order valence-corrected chi connectivity index (χ0v) is 19.6. The van der Waals surface area contributed by atoms with E-state index in [4.69, 9.17) is 10.1 Å². The van der Waals surface area contributed by atoms with Crippen molar-refractivity contribution in [1.82, 2.24) is 24.6 Å². The lowest BCUT2D eigenvalue weighted by atomic mass is 9.93. The van der Waals surface area contributed by atoms with Gasteiger partial charge in [-0.2, -0.15) is 9.61 Å². The van der Waals surface area contributed by atoms with Crippen LogP contribution in [0, 0.1) is 12.7 Å². The Labute approximate surface area is 196 Å². The Morgan fingerprint density at radius 3 is 2.50 bits per heavy atom. The molecule has 1 N–H and O–H groups in total. The molecule has 1 saturated heterocycles. The second-order valence-corrected chi connectivity index (χ2v) is 10.7. The van der Waals surface area contributed by atoms with Crippen LogP contribution in [0.4, 0.5) is 21.8 Å². The number of fused-ring (bicyclic) bond motifs is 1. The molecule has 1 fully saturated rings. The highest BCUT2D eigenvalue weighted by atomic mass is 32.2. The van der Waals surface area contributed by atoms with Gasteiger partial charge in [-0.25, -0.2) is 22.8 Å². The summed E-state index contributed by atoms with van der Waals surface area (Å²) in [5.41, 5.74) is 3.30. The highest BCUT2D eigenvalue weighted by Crippen LogP contribution is 2.33. The maximum Gasteiger partial charge on any atom is 0.163 e. The van der Waals surface area contributed by atoms with Crippen LogP contribution >= 0.6 is 0 Å². The third-order valence-electron chi connectivity index (χ3n) is 6.08. The molecule has 0 bridgehead atoms. The second kappa shape index (κ2) is 8.64. The molecule has 176 valence electrons. The summed E-state index contributed by atoms with van der Waals surface area (Å²) in [5.74, 6) is 1.62. The summed E-state index contributed by atoms with van der Waals surface area (Å²) in [4.78, 5) is 15.2. The molecule has 1 atom stereocenters. The predicted octanol–water partition coefficient (Wildman–Crippen LogP) is 3.10. The number of nitrogens with one attached hydrogen (secondary N) is 1. The molecule has 1 aliphatic rings. The third-order valence-corrected chi connectivity index (χ3v) is 7.69. The van der Waals surface area contributed by atoms with Crippen molar-refractivity contribution in [3.8, 4) is 0 Å². The van der Waals surface area contributed by atoms with Crippen LogP contribution in [-0.4, -0.2) is 57.6 Å². The number of nitrogens with zero attached hydrogens (tertiary/aromatic N) is 6. The van der Waals surface area contributed by atoms with Crippen LogP contribution in [0.2, 0.25) is 0 Å². The number of halogens is 1. The van der Waals surface area contributed by atoms with Gasteiger partial charge in [0.1, 0.15) is 23.3 Å². The van der Waals surface area contributed by atoms with Gasteiger partial charge in [0.2, 0.25) is 0 Å². The quantitative estimate of drug-likeness (QED) is 0.464. The van der Waals surface area contributed by atoms with Gasteiger partial charge in [0.15, 0.2) is 15.5 Å². The topological polar surface area (TPSA) is 105 Å². The van der Waals surface area contributed by atoms with Crippen molar-refractivity contribution in [3.63, 3.8) is 0 Å². The Kier molecular flexibility index (Phi) is 5.64. The lowest BCUT2D eigenvalue weighted by Gasteiger charge is -2.29. The molecule has 0 radical (unpaired) electrons. The summed E-state index contributed by atoms with van der Waals surface area (Å²) in [6.45, 7) is 4.70. The van der Waals surface area contributed by atoms with Gasteiger partial charge in [0.05, 0.1) is 23.4 Å². The molecule has 4 aromatic rings. The first-order valence-electron chi connectivity index (χ1n) is 10.9. The molecular formula is C23H24FN7O2S. The first-order valence-corrected chi connectivity index (χ1v) is 12.8. The molecule has 1 aromatic carbocycles. The van der Waals surface area contributed by atoms with Crippen molar-refractivity contribution in [2.75, 3.05) is 34.8 Å². The maximum atomic E-state index is 13.5. The normalized spacial score (nSPS) is 16.5. The average molecular weight is 482 g/mol. The van der Waals surface area contributed by atoms with Gasteiger partial charge in [-0.15, -0.1) is 0 Å². The van der Waals surface area contributed by atoms with E-state index in [1.165, 1.54) is 12.1 Å². The van der Waals surface area contributed by atoms with Gasteiger partial charge < -0.3 is 10.2 Å². The van der Waals surface area contributed by atoms with Crippen LogP contribution in [0.15, 0.2) is 48.9 Å². The van der Waals surface area contributed by atoms with Crippen LogP contribution in [0.1, 0.15) is 29.7 Å². The smallest absolute Gasteiger partial charge is 0.163 e. The summed E-state index contributed by atoms with van der Waals surface area (Å²) in [7, 11) is -3.04. The number of benzene rings is 1.